The Balaban J connectivity index is 1.54. The summed E-state index contributed by atoms with van der Waals surface area (Å²) in [6, 6.07) is 16.0. The third-order valence-corrected chi connectivity index (χ3v) is 4.40. The van der Waals surface area contributed by atoms with Gasteiger partial charge in [0.15, 0.2) is 0 Å². The van der Waals surface area contributed by atoms with Gasteiger partial charge in [-0.15, -0.1) is 0 Å². The fourth-order valence-electron chi connectivity index (χ4n) is 3.08. The Morgan fingerprint density at radius 3 is 2.54 bits per heavy atom. The van der Waals surface area contributed by atoms with Gasteiger partial charge in [0, 0.05) is 31.4 Å². The van der Waals surface area contributed by atoms with Gasteiger partial charge >= 0.3 is 0 Å². The Hall–Kier alpha value is -2.95. The van der Waals surface area contributed by atoms with Crippen LogP contribution in [0.4, 0.5) is 4.39 Å². The second-order valence-corrected chi connectivity index (χ2v) is 5.90. The SMILES string of the molecule is O=C(c1ccccc1-n1cccn1)N1CC(c2ccccc2F)C1. The number of nitrogens with zero attached hydrogens (tertiary/aromatic N) is 3. The van der Waals surface area contributed by atoms with Crippen molar-refractivity contribution < 1.29 is 9.18 Å². The molecule has 2 aromatic carbocycles. The van der Waals surface area contributed by atoms with E-state index in [1.165, 1.54) is 6.07 Å². The number of para-hydroxylation sites is 1. The highest BCUT2D eigenvalue weighted by molar-refractivity contribution is 5.98. The molecule has 24 heavy (non-hydrogen) atoms. The lowest BCUT2D eigenvalue weighted by Crippen LogP contribution is -2.48. The Morgan fingerprint density at radius 2 is 1.79 bits per heavy atom. The zero-order valence-corrected chi connectivity index (χ0v) is 13.0. The minimum absolute atomic E-state index is 0.0475. The number of carbonyl (C=O) groups excluding carboxylic acids is 1. The molecule has 3 aromatic rings. The molecule has 1 aromatic heterocycles. The standard InChI is InChI=1S/C19H16FN3O/c20-17-8-3-1-6-15(17)14-12-22(13-14)19(24)16-7-2-4-9-18(16)23-11-5-10-21-23/h1-11,14H,12-13H2. The van der Waals surface area contributed by atoms with E-state index in [1.54, 1.807) is 34.0 Å². The Labute approximate surface area is 139 Å². The van der Waals surface area contributed by atoms with E-state index in [1.807, 2.05) is 36.5 Å². The summed E-state index contributed by atoms with van der Waals surface area (Å²) in [4.78, 5) is 14.5. The molecule has 0 unspecified atom stereocenters. The van der Waals surface area contributed by atoms with Crippen molar-refractivity contribution in [2.24, 2.45) is 0 Å². The number of halogens is 1. The van der Waals surface area contributed by atoms with Crippen molar-refractivity contribution >= 4 is 5.91 Å². The Morgan fingerprint density at radius 1 is 1.04 bits per heavy atom. The summed E-state index contributed by atoms with van der Waals surface area (Å²) >= 11 is 0. The van der Waals surface area contributed by atoms with Gasteiger partial charge in [-0.05, 0) is 29.8 Å². The summed E-state index contributed by atoms with van der Waals surface area (Å²) in [5, 5.41) is 4.20. The molecular formula is C19H16FN3O. The number of rotatable bonds is 3. The van der Waals surface area contributed by atoms with Crippen LogP contribution in [-0.4, -0.2) is 33.7 Å². The van der Waals surface area contributed by atoms with Gasteiger partial charge in [-0.2, -0.15) is 5.10 Å². The molecule has 4 nitrogen and oxygen atoms in total. The highest BCUT2D eigenvalue weighted by Gasteiger charge is 2.34. The second-order valence-electron chi connectivity index (χ2n) is 5.90. The van der Waals surface area contributed by atoms with Crippen molar-refractivity contribution in [1.29, 1.82) is 0 Å². The normalized spacial score (nSPS) is 14.5. The van der Waals surface area contributed by atoms with Crippen LogP contribution < -0.4 is 0 Å². The molecule has 120 valence electrons. The number of carbonyl (C=O) groups is 1. The predicted octanol–water partition coefficient (Wildman–Crippen LogP) is 3.25. The summed E-state index contributed by atoms with van der Waals surface area (Å²) in [6.45, 7) is 1.07. The molecule has 5 heteroatoms. The summed E-state index contributed by atoms with van der Waals surface area (Å²) in [6.07, 6.45) is 3.49. The molecule has 1 saturated heterocycles. The zero-order valence-electron chi connectivity index (χ0n) is 13.0. The molecule has 0 radical (unpaired) electrons. The molecular weight excluding hydrogens is 305 g/mol. The lowest BCUT2D eigenvalue weighted by Gasteiger charge is -2.40. The van der Waals surface area contributed by atoms with Crippen molar-refractivity contribution in [3.8, 4) is 5.69 Å². The monoisotopic (exact) mass is 321 g/mol. The molecule has 4 rings (SSSR count). The van der Waals surface area contributed by atoms with Gasteiger partial charge in [0.1, 0.15) is 5.82 Å². The Bertz CT molecular complexity index is 870. The van der Waals surface area contributed by atoms with E-state index in [4.69, 9.17) is 0 Å². The van der Waals surface area contributed by atoms with E-state index in [0.29, 0.717) is 24.2 Å². The maximum Gasteiger partial charge on any atom is 0.256 e. The lowest BCUT2D eigenvalue weighted by molar-refractivity contribution is 0.0599. The van der Waals surface area contributed by atoms with Crippen LogP contribution in [0.2, 0.25) is 0 Å². The van der Waals surface area contributed by atoms with Gasteiger partial charge in [-0.25, -0.2) is 9.07 Å². The molecule has 0 N–H and O–H groups in total. The van der Waals surface area contributed by atoms with Gasteiger partial charge < -0.3 is 4.90 Å². The van der Waals surface area contributed by atoms with E-state index in [9.17, 15) is 9.18 Å². The van der Waals surface area contributed by atoms with Crippen LogP contribution in [0.3, 0.4) is 0 Å². The van der Waals surface area contributed by atoms with E-state index in [2.05, 4.69) is 5.10 Å². The highest BCUT2D eigenvalue weighted by Crippen LogP contribution is 2.30. The van der Waals surface area contributed by atoms with Gasteiger partial charge in [0.2, 0.25) is 0 Å². The molecule has 0 aliphatic carbocycles. The van der Waals surface area contributed by atoms with Crippen LogP contribution >= 0.6 is 0 Å². The average Bonchev–Trinajstić information content (AvgIpc) is 3.09. The maximum atomic E-state index is 13.8. The number of likely N-dealkylation sites (tertiary alicyclic amines) is 1. The van der Waals surface area contributed by atoms with Crippen LogP contribution in [0.5, 0.6) is 0 Å². The van der Waals surface area contributed by atoms with Crippen LogP contribution in [-0.2, 0) is 0 Å². The van der Waals surface area contributed by atoms with Crippen LogP contribution in [0.1, 0.15) is 21.8 Å². The topological polar surface area (TPSA) is 38.1 Å². The molecule has 2 heterocycles. The number of benzene rings is 2. The summed E-state index contributed by atoms with van der Waals surface area (Å²) in [5.74, 6) is -0.188. The molecule has 1 aliphatic heterocycles. The van der Waals surface area contributed by atoms with Crippen LogP contribution in [0.15, 0.2) is 67.0 Å². The van der Waals surface area contributed by atoms with Crippen molar-refractivity contribution in [3.63, 3.8) is 0 Å². The van der Waals surface area contributed by atoms with E-state index in [-0.39, 0.29) is 17.6 Å². The zero-order chi connectivity index (χ0) is 16.5. The van der Waals surface area contributed by atoms with Crippen LogP contribution in [0.25, 0.3) is 5.69 Å². The fourth-order valence-corrected chi connectivity index (χ4v) is 3.08. The minimum atomic E-state index is -0.202. The molecule has 0 spiro atoms. The highest BCUT2D eigenvalue weighted by atomic mass is 19.1. The van der Waals surface area contributed by atoms with Crippen molar-refractivity contribution in [1.82, 2.24) is 14.7 Å². The Kier molecular flexibility index (Phi) is 3.61. The number of hydrogen-bond acceptors (Lipinski definition) is 2. The van der Waals surface area contributed by atoms with Gasteiger partial charge in [0.05, 0.1) is 11.3 Å². The van der Waals surface area contributed by atoms with E-state index < -0.39 is 0 Å². The molecule has 1 amide bonds. The molecule has 1 aliphatic rings. The smallest absolute Gasteiger partial charge is 0.256 e. The fraction of sp³-hybridized carbons (Fsp3) is 0.158. The first-order valence-electron chi connectivity index (χ1n) is 7.87. The summed E-state index contributed by atoms with van der Waals surface area (Å²) in [5.41, 5.74) is 2.04. The summed E-state index contributed by atoms with van der Waals surface area (Å²) in [7, 11) is 0. The molecule has 0 atom stereocenters. The predicted molar refractivity (Wildman–Crippen MR) is 88.6 cm³/mol. The first-order chi connectivity index (χ1) is 11.7. The summed E-state index contributed by atoms with van der Waals surface area (Å²) < 4.78 is 15.5. The quantitative estimate of drug-likeness (QED) is 0.743. The molecule has 0 saturated carbocycles. The maximum absolute atomic E-state index is 13.8. The number of amides is 1. The second kappa shape index (κ2) is 5.92. The van der Waals surface area contributed by atoms with Crippen molar-refractivity contribution in [2.75, 3.05) is 13.1 Å². The number of hydrogen-bond donors (Lipinski definition) is 0. The average molecular weight is 321 g/mol. The van der Waals surface area contributed by atoms with Gasteiger partial charge in [-0.3, -0.25) is 4.79 Å². The van der Waals surface area contributed by atoms with E-state index >= 15 is 0 Å². The lowest BCUT2D eigenvalue weighted by atomic mass is 9.90. The van der Waals surface area contributed by atoms with Crippen molar-refractivity contribution in [3.05, 3.63) is 83.9 Å². The largest absolute Gasteiger partial charge is 0.337 e. The van der Waals surface area contributed by atoms with Crippen molar-refractivity contribution in [2.45, 2.75) is 5.92 Å². The minimum Gasteiger partial charge on any atom is -0.337 e. The van der Waals surface area contributed by atoms with E-state index in [0.717, 1.165) is 5.69 Å². The van der Waals surface area contributed by atoms with Crippen LogP contribution in [0, 0.1) is 5.82 Å². The molecule has 1 fully saturated rings. The molecule has 0 bridgehead atoms. The third kappa shape index (κ3) is 2.48. The first-order valence-corrected chi connectivity index (χ1v) is 7.87. The number of aromatic nitrogens is 2. The van der Waals surface area contributed by atoms with Gasteiger partial charge in [-0.1, -0.05) is 30.3 Å². The first kappa shape index (κ1) is 14.6. The third-order valence-electron chi connectivity index (χ3n) is 4.40. The van der Waals surface area contributed by atoms with Gasteiger partial charge in [0.25, 0.3) is 5.91 Å².